The van der Waals surface area contributed by atoms with Gasteiger partial charge in [0.05, 0.1) is 10.8 Å². The van der Waals surface area contributed by atoms with E-state index in [0.717, 1.165) is 0 Å². The van der Waals surface area contributed by atoms with Crippen LogP contribution < -0.4 is 11.1 Å². The number of amides is 1. The number of aryl methyl sites for hydroxylation is 1. The predicted octanol–water partition coefficient (Wildman–Crippen LogP) is 1.83. The summed E-state index contributed by atoms with van der Waals surface area (Å²) >= 11 is 0. The van der Waals surface area contributed by atoms with Crippen LogP contribution in [0.25, 0.3) is 0 Å². The highest BCUT2D eigenvalue weighted by Crippen LogP contribution is 2.22. The van der Waals surface area contributed by atoms with Crippen LogP contribution in [0.2, 0.25) is 0 Å². The molecular formula is C12H17N3O3. The number of carbonyl (C=O) groups excluding carboxylic acids is 1. The average molecular weight is 251 g/mol. The largest absolute Gasteiger partial charge is 0.330 e. The molecule has 0 bridgehead atoms. The van der Waals surface area contributed by atoms with Crippen LogP contribution in [0, 0.1) is 23.0 Å². The molecule has 98 valence electrons. The van der Waals surface area contributed by atoms with Gasteiger partial charge in [-0.1, -0.05) is 6.92 Å². The lowest BCUT2D eigenvalue weighted by atomic mass is 10.1. The molecule has 18 heavy (non-hydrogen) atoms. The molecule has 0 saturated carbocycles. The lowest BCUT2D eigenvalue weighted by molar-refractivity contribution is -0.385. The Kier molecular flexibility index (Phi) is 4.79. The first-order valence-electron chi connectivity index (χ1n) is 5.75. The molecule has 0 radical (unpaired) electrons. The second kappa shape index (κ2) is 6.11. The van der Waals surface area contributed by atoms with E-state index in [1.54, 1.807) is 13.0 Å². The molecule has 6 nitrogen and oxygen atoms in total. The normalized spacial score (nSPS) is 11.9. The molecule has 1 rings (SSSR count). The van der Waals surface area contributed by atoms with Crippen molar-refractivity contribution in [3.63, 3.8) is 0 Å². The molecule has 0 fully saturated rings. The van der Waals surface area contributed by atoms with Gasteiger partial charge < -0.3 is 11.1 Å². The number of nitrogens with two attached hydrogens (primary N) is 1. The number of nitrogens with zero attached hydrogens (tertiary/aromatic N) is 1. The highest BCUT2D eigenvalue weighted by atomic mass is 16.6. The van der Waals surface area contributed by atoms with Crippen molar-refractivity contribution in [2.75, 3.05) is 11.9 Å². The smallest absolute Gasteiger partial charge is 0.272 e. The van der Waals surface area contributed by atoms with Crippen LogP contribution in [0.1, 0.15) is 18.9 Å². The number of nitrogens with one attached hydrogen (secondary N) is 1. The van der Waals surface area contributed by atoms with Crippen molar-refractivity contribution in [3.8, 4) is 0 Å². The molecule has 1 unspecified atom stereocenters. The fourth-order valence-electron chi connectivity index (χ4n) is 1.64. The Labute approximate surface area is 105 Å². The number of nitro benzene ring substituents is 1. The number of carbonyl (C=O) groups is 1. The van der Waals surface area contributed by atoms with E-state index in [9.17, 15) is 14.9 Å². The van der Waals surface area contributed by atoms with Gasteiger partial charge in [-0.3, -0.25) is 14.9 Å². The molecule has 1 amide bonds. The van der Waals surface area contributed by atoms with Gasteiger partial charge in [-0.05, 0) is 25.5 Å². The number of anilines is 1. The minimum absolute atomic E-state index is 0.0406. The lowest BCUT2D eigenvalue weighted by Crippen LogP contribution is -2.28. The third-order valence-electron chi connectivity index (χ3n) is 2.81. The number of hydrogen-bond acceptors (Lipinski definition) is 4. The molecule has 1 aromatic rings. The van der Waals surface area contributed by atoms with Crippen molar-refractivity contribution in [2.45, 2.75) is 20.3 Å². The summed E-state index contributed by atoms with van der Waals surface area (Å²) in [6, 6.07) is 4.49. The first kappa shape index (κ1) is 14.1. The summed E-state index contributed by atoms with van der Waals surface area (Å²) in [5.41, 5.74) is 6.59. The third kappa shape index (κ3) is 3.27. The molecule has 0 aliphatic heterocycles. The van der Waals surface area contributed by atoms with Gasteiger partial charge >= 0.3 is 0 Å². The Bertz CT molecular complexity index is 456. The van der Waals surface area contributed by atoms with E-state index in [1.807, 2.05) is 6.92 Å². The highest BCUT2D eigenvalue weighted by molar-refractivity contribution is 5.92. The van der Waals surface area contributed by atoms with E-state index in [-0.39, 0.29) is 24.1 Å². The van der Waals surface area contributed by atoms with Crippen LogP contribution >= 0.6 is 0 Å². The Balaban J connectivity index is 2.83. The van der Waals surface area contributed by atoms with Gasteiger partial charge in [-0.25, -0.2) is 0 Å². The minimum Gasteiger partial charge on any atom is -0.330 e. The summed E-state index contributed by atoms with van der Waals surface area (Å²) in [6.45, 7) is 3.81. The van der Waals surface area contributed by atoms with E-state index in [0.29, 0.717) is 17.7 Å². The molecule has 0 aliphatic carbocycles. The topological polar surface area (TPSA) is 98.3 Å². The van der Waals surface area contributed by atoms with Gasteiger partial charge in [0, 0.05) is 23.9 Å². The molecule has 1 atom stereocenters. The summed E-state index contributed by atoms with van der Waals surface area (Å²) < 4.78 is 0. The predicted molar refractivity (Wildman–Crippen MR) is 69.3 cm³/mol. The van der Waals surface area contributed by atoms with Crippen molar-refractivity contribution in [2.24, 2.45) is 11.7 Å². The van der Waals surface area contributed by atoms with Crippen molar-refractivity contribution in [3.05, 3.63) is 33.9 Å². The highest BCUT2D eigenvalue weighted by Gasteiger charge is 2.16. The summed E-state index contributed by atoms with van der Waals surface area (Å²) in [4.78, 5) is 22.0. The summed E-state index contributed by atoms with van der Waals surface area (Å²) in [6.07, 6.45) is 0.661. The maximum Gasteiger partial charge on any atom is 0.272 e. The van der Waals surface area contributed by atoms with Crippen LogP contribution in [0.4, 0.5) is 11.4 Å². The van der Waals surface area contributed by atoms with Gasteiger partial charge in [-0.2, -0.15) is 0 Å². The number of nitro groups is 1. The monoisotopic (exact) mass is 251 g/mol. The Hall–Kier alpha value is -1.95. The SMILES string of the molecule is CCC(CN)C(=O)Nc1ccc([N+](=O)[O-])c(C)c1. The van der Waals surface area contributed by atoms with Crippen LogP contribution in [0.15, 0.2) is 18.2 Å². The summed E-state index contributed by atoms with van der Waals surface area (Å²) in [5.74, 6) is -0.395. The lowest BCUT2D eigenvalue weighted by Gasteiger charge is -2.12. The molecule has 0 aliphatic rings. The maximum atomic E-state index is 11.8. The van der Waals surface area contributed by atoms with Gasteiger partial charge in [0.2, 0.25) is 5.91 Å². The van der Waals surface area contributed by atoms with Crippen molar-refractivity contribution in [1.29, 1.82) is 0 Å². The zero-order chi connectivity index (χ0) is 13.7. The van der Waals surface area contributed by atoms with Crippen LogP contribution in [0.5, 0.6) is 0 Å². The van der Waals surface area contributed by atoms with Crippen LogP contribution in [0.3, 0.4) is 0 Å². The van der Waals surface area contributed by atoms with Gasteiger partial charge in [0.1, 0.15) is 0 Å². The van der Waals surface area contributed by atoms with Crippen molar-refractivity contribution in [1.82, 2.24) is 0 Å². The molecule has 0 spiro atoms. The zero-order valence-corrected chi connectivity index (χ0v) is 10.5. The summed E-state index contributed by atoms with van der Waals surface area (Å²) in [7, 11) is 0. The quantitative estimate of drug-likeness (QED) is 0.616. The molecule has 1 aromatic carbocycles. The van der Waals surface area contributed by atoms with Crippen molar-refractivity contribution < 1.29 is 9.72 Å². The van der Waals surface area contributed by atoms with Gasteiger partial charge in [0.15, 0.2) is 0 Å². The number of rotatable bonds is 5. The third-order valence-corrected chi connectivity index (χ3v) is 2.81. The molecule has 3 N–H and O–H groups in total. The van der Waals surface area contributed by atoms with E-state index >= 15 is 0 Å². The fraction of sp³-hybridized carbons (Fsp3) is 0.417. The molecule has 0 heterocycles. The maximum absolute atomic E-state index is 11.8. The van der Waals surface area contributed by atoms with E-state index in [2.05, 4.69) is 5.32 Å². The standard InChI is InChI=1S/C12H17N3O3/c1-3-9(7-13)12(16)14-10-4-5-11(15(17)18)8(2)6-10/h4-6,9H,3,7,13H2,1-2H3,(H,14,16). The van der Waals surface area contributed by atoms with Crippen LogP contribution in [-0.4, -0.2) is 17.4 Å². The molecule has 0 aromatic heterocycles. The average Bonchev–Trinajstić information content (AvgIpc) is 2.30. The molecule has 0 saturated heterocycles. The molecular weight excluding hydrogens is 234 g/mol. The van der Waals surface area contributed by atoms with E-state index in [1.165, 1.54) is 12.1 Å². The second-order valence-corrected chi connectivity index (χ2v) is 4.09. The second-order valence-electron chi connectivity index (χ2n) is 4.09. The Morgan fingerprint density at radius 3 is 2.67 bits per heavy atom. The zero-order valence-electron chi connectivity index (χ0n) is 10.5. The van der Waals surface area contributed by atoms with Crippen molar-refractivity contribution >= 4 is 17.3 Å². The summed E-state index contributed by atoms with van der Waals surface area (Å²) in [5, 5.41) is 13.4. The number of hydrogen-bond donors (Lipinski definition) is 2. The van der Waals surface area contributed by atoms with Gasteiger partial charge in [0.25, 0.3) is 5.69 Å². The first-order valence-corrected chi connectivity index (χ1v) is 5.75. The Morgan fingerprint density at radius 1 is 1.56 bits per heavy atom. The minimum atomic E-state index is -0.449. The first-order chi connectivity index (χ1) is 8.49. The Morgan fingerprint density at radius 2 is 2.22 bits per heavy atom. The van der Waals surface area contributed by atoms with E-state index in [4.69, 9.17) is 5.73 Å². The van der Waals surface area contributed by atoms with Gasteiger partial charge in [-0.15, -0.1) is 0 Å². The number of benzene rings is 1. The van der Waals surface area contributed by atoms with Crippen LogP contribution in [-0.2, 0) is 4.79 Å². The van der Waals surface area contributed by atoms with E-state index < -0.39 is 4.92 Å². The fourth-order valence-corrected chi connectivity index (χ4v) is 1.64. The molecule has 6 heteroatoms.